The van der Waals surface area contributed by atoms with Gasteiger partial charge in [-0.15, -0.1) is 0 Å². The highest BCUT2D eigenvalue weighted by atomic mass is 32.2. The van der Waals surface area contributed by atoms with Gasteiger partial charge in [0.2, 0.25) is 10.0 Å². The first-order valence-corrected chi connectivity index (χ1v) is 9.54. The largest absolute Gasteiger partial charge is 0.466 e. The predicted molar refractivity (Wildman–Crippen MR) is 80.4 cm³/mol. The molecule has 2 aliphatic rings. The van der Waals surface area contributed by atoms with Crippen molar-refractivity contribution in [1.29, 1.82) is 0 Å². The number of carbonyl (C=O) groups excluding carboxylic acids is 1. The van der Waals surface area contributed by atoms with Gasteiger partial charge in [-0.25, -0.2) is 8.42 Å². The lowest BCUT2D eigenvalue weighted by Crippen LogP contribution is -2.53. The van der Waals surface area contributed by atoms with Crippen molar-refractivity contribution < 1.29 is 17.9 Å². The van der Waals surface area contributed by atoms with E-state index in [1.807, 2.05) is 0 Å². The average molecular weight is 318 g/mol. The molecule has 0 saturated carbocycles. The number of esters is 1. The molecule has 0 bridgehead atoms. The quantitative estimate of drug-likeness (QED) is 0.736. The Morgan fingerprint density at radius 2 is 2.10 bits per heavy atom. The second-order valence-corrected chi connectivity index (χ2v) is 7.79. The second-order valence-electron chi connectivity index (χ2n) is 5.75. The van der Waals surface area contributed by atoms with Gasteiger partial charge in [0.1, 0.15) is 0 Å². The Morgan fingerprint density at radius 1 is 1.29 bits per heavy atom. The zero-order valence-corrected chi connectivity index (χ0v) is 13.5. The number of ether oxygens (including phenoxy) is 1. The van der Waals surface area contributed by atoms with Gasteiger partial charge < -0.3 is 10.1 Å². The summed E-state index contributed by atoms with van der Waals surface area (Å²) in [5, 5.41) is 3.42. The minimum atomic E-state index is -3.39. The molecule has 2 saturated heterocycles. The van der Waals surface area contributed by atoms with Crippen LogP contribution in [0.15, 0.2) is 0 Å². The number of nitrogens with one attached hydrogen (secondary N) is 1. The minimum Gasteiger partial charge on any atom is -0.466 e. The highest BCUT2D eigenvalue weighted by Gasteiger charge is 2.37. The van der Waals surface area contributed by atoms with E-state index in [1.54, 1.807) is 11.2 Å². The van der Waals surface area contributed by atoms with Crippen molar-refractivity contribution in [1.82, 2.24) is 9.62 Å². The molecule has 0 aromatic rings. The van der Waals surface area contributed by atoms with Gasteiger partial charge in [-0.05, 0) is 39.2 Å². The van der Waals surface area contributed by atoms with Gasteiger partial charge in [-0.1, -0.05) is 6.42 Å². The van der Waals surface area contributed by atoms with Crippen LogP contribution in [0.25, 0.3) is 0 Å². The number of hydrogen-bond acceptors (Lipinski definition) is 5. The van der Waals surface area contributed by atoms with Crippen LogP contribution in [-0.2, 0) is 19.6 Å². The summed E-state index contributed by atoms with van der Waals surface area (Å²) in [5.74, 6) is -0.580. The number of rotatable bonds is 6. The molecule has 2 fully saturated rings. The van der Waals surface area contributed by atoms with E-state index in [9.17, 15) is 13.2 Å². The Morgan fingerprint density at radius 3 is 2.76 bits per heavy atom. The van der Waals surface area contributed by atoms with Crippen molar-refractivity contribution in [2.75, 3.05) is 25.4 Å². The molecule has 0 amide bonds. The highest BCUT2D eigenvalue weighted by Crippen LogP contribution is 2.27. The van der Waals surface area contributed by atoms with Crippen LogP contribution in [0, 0.1) is 0 Å². The van der Waals surface area contributed by atoms with Crippen molar-refractivity contribution in [3.63, 3.8) is 0 Å². The molecule has 0 spiro atoms. The topological polar surface area (TPSA) is 75.7 Å². The fourth-order valence-electron chi connectivity index (χ4n) is 3.28. The molecule has 2 aliphatic heterocycles. The normalized spacial score (nSPS) is 27.7. The molecule has 1 N–H and O–H groups in total. The minimum absolute atomic E-state index is 0.0495. The lowest BCUT2D eigenvalue weighted by molar-refractivity contribution is -0.142. The molecule has 6 nitrogen and oxygen atoms in total. The Balaban J connectivity index is 1.99. The Hall–Kier alpha value is -0.660. The zero-order valence-electron chi connectivity index (χ0n) is 12.7. The maximum Gasteiger partial charge on any atom is 0.306 e. The van der Waals surface area contributed by atoms with E-state index in [1.165, 1.54) is 0 Å². The summed E-state index contributed by atoms with van der Waals surface area (Å²) in [6.07, 6.45) is 4.98. The lowest BCUT2D eigenvalue weighted by atomic mass is 9.97. The fourth-order valence-corrected chi connectivity index (χ4v) is 5.01. The van der Waals surface area contributed by atoms with Crippen LogP contribution in [0.5, 0.6) is 0 Å². The van der Waals surface area contributed by atoms with Gasteiger partial charge in [-0.2, -0.15) is 4.31 Å². The van der Waals surface area contributed by atoms with E-state index in [4.69, 9.17) is 4.74 Å². The number of nitrogens with zero attached hydrogens (tertiary/aromatic N) is 1. The number of carbonyl (C=O) groups is 1. The first-order chi connectivity index (χ1) is 10.0. The Bertz CT molecular complexity index is 446. The maximum atomic E-state index is 12.6. The van der Waals surface area contributed by atoms with Gasteiger partial charge in [-0.3, -0.25) is 4.79 Å². The van der Waals surface area contributed by atoms with Crippen LogP contribution < -0.4 is 5.32 Å². The van der Waals surface area contributed by atoms with E-state index < -0.39 is 16.0 Å². The molecular weight excluding hydrogens is 292 g/mol. The first-order valence-electron chi connectivity index (χ1n) is 7.93. The number of piperidine rings is 1. The molecule has 0 aromatic carbocycles. The molecule has 2 rings (SSSR count). The zero-order chi connectivity index (χ0) is 15.3. The lowest BCUT2D eigenvalue weighted by Gasteiger charge is -2.38. The molecule has 122 valence electrons. The summed E-state index contributed by atoms with van der Waals surface area (Å²) >= 11 is 0. The summed E-state index contributed by atoms with van der Waals surface area (Å²) in [7, 11) is -3.39. The third-order valence-corrected chi connectivity index (χ3v) is 6.18. The highest BCUT2D eigenvalue weighted by molar-refractivity contribution is 7.89. The molecule has 2 atom stereocenters. The van der Waals surface area contributed by atoms with Crippen molar-refractivity contribution in [2.24, 2.45) is 0 Å². The molecule has 0 radical (unpaired) electrons. The number of sulfonamides is 1. The summed E-state index contributed by atoms with van der Waals surface area (Å²) in [6.45, 7) is 3.56. The average Bonchev–Trinajstić information content (AvgIpc) is 3.00. The summed E-state index contributed by atoms with van der Waals surface area (Å²) in [4.78, 5) is 11.4. The third-order valence-electron chi connectivity index (χ3n) is 4.29. The van der Waals surface area contributed by atoms with Crippen molar-refractivity contribution >= 4 is 16.0 Å². The van der Waals surface area contributed by atoms with Gasteiger partial charge in [0, 0.05) is 18.6 Å². The number of hydrogen-bond donors (Lipinski definition) is 1. The van der Waals surface area contributed by atoms with Crippen LogP contribution in [-0.4, -0.2) is 56.2 Å². The van der Waals surface area contributed by atoms with E-state index in [0.717, 1.165) is 38.6 Å². The smallest absolute Gasteiger partial charge is 0.306 e. The maximum absolute atomic E-state index is 12.6. The van der Waals surface area contributed by atoms with Gasteiger partial charge >= 0.3 is 5.97 Å². The molecule has 21 heavy (non-hydrogen) atoms. The van der Waals surface area contributed by atoms with Crippen LogP contribution in [0.1, 0.15) is 45.4 Å². The van der Waals surface area contributed by atoms with E-state index in [0.29, 0.717) is 6.54 Å². The van der Waals surface area contributed by atoms with Crippen LogP contribution in [0.4, 0.5) is 0 Å². The predicted octanol–water partition coefficient (Wildman–Crippen LogP) is 0.876. The van der Waals surface area contributed by atoms with Crippen molar-refractivity contribution in [3.8, 4) is 0 Å². The van der Waals surface area contributed by atoms with Crippen LogP contribution in [0.2, 0.25) is 0 Å². The van der Waals surface area contributed by atoms with Crippen LogP contribution >= 0.6 is 0 Å². The molecule has 2 unspecified atom stereocenters. The van der Waals surface area contributed by atoms with E-state index in [-0.39, 0.29) is 30.9 Å². The second kappa shape index (κ2) is 7.56. The summed E-state index contributed by atoms with van der Waals surface area (Å²) < 4.78 is 31.6. The monoisotopic (exact) mass is 318 g/mol. The van der Waals surface area contributed by atoms with E-state index in [2.05, 4.69) is 5.32 Å². The van der Waals surface area contributed by atoms with Gasteiger partial charge in [0.25, 0.3) is 0 Å². The summed E-state index contributed by atoms with van der Waals surface area (Å²) in [5.41, 5.74) is 0. The molecular formula is C14H26N2O4S. The molecule has 0 aliphatic carbocycles. The standard InChI is InChI=1S/C14H26N2O4S/c1-2-20-14(17)8-11-21(18,19)16-10-4-3-7-13(16)12-6-5-9-15-12/h12-13,15H,2-11H2,1H3. The Kier molecular flexibility index (Phi) is 6.01. The fraction of sp³-hybridized carbons (Fsp3) is 0.929. The summed E-state index contributed by atoms with van der Waals surface area (Å²) in [6, 6.07) is 0.316. The molecule has 7 heteroatoms. The van der Waals surface area contributed by atoms with Gasteiger partial charge in [0.15, 0.2) is 0 Å². The third kappa shape index (κ3) is 4.40. The first kappa shape index (κ1) is 16.7. The van der Waals surface area contributed by atoms with Crippen molar-refractivity contribution in [3.05, 3.63) is 0 Å². The van der Waals surface area contributed by atoms with E-state index >= 15 is 0 Å². The van der Waals surface area contributed by atoms with Gasteiger partial charge in [0.05, 0.1) is 18.8 Å². The van der Waals surface area contributed by atoms with Crippen molar-refractivity contribution in [2.45, 2.75) is 57.5 Å². The van der Waals surface area contributed by atoms with Crippen LogP contribution in [0.3, 0.4) is 0 Å². The molecule has 0 aromatic heterocycles. The molecule has 2 heterocycles. The SMILES string of the molecule is CCOC(=O)CCS(=O)(=O)N1CCCCC1C1CCCN1. The Labute approximate surface area is 127 Å².